The first kappa shape index (κ1) is 93.6. The standard InChI is InChI=1S/C91H96N30O16/c1-47(80(127)100-53-32-66(116(8)39-53)84(131)99-51-19-20-60-49(26-51)27-61(105-60)90(137)121-37-50-35-91(50)59-17-14-13-16-58(59)68(123)34-69(91)121)96-70(36-92-3)106-76(126)22-25-95-83(130)64-31-56(42-114(64)6)103-87(134)77-109-72(45-119(77)11)107-74(124)18-15-23-93-81(128)62-29-54(40-112(62)4)101-85(132)65-28-52(38-115(65)7)98-75(125)21-24-94-82(129)63-30-55(41-113(63)5)102-86(133)67-33-57(43-117(67)9)104-88(135)78-110-73(46-120(78)12)111-89(136)79-108-71(44-118(79)10)97-48(2)122/h13-14,16-17,19-20,26-34,36,38-46,50,92,105H,15,18,21-25,35,37H2,1-12H3,(H,93,128)(H,94,129)(H,95,130)(H,97,122)(H,98,125)(H,99,131)(H,100,127)(H,101,132)(H,102,133)(H,103,134)(H,104,135)(H,106,126)(H,107,124)(H,111,136)/b70-36+,96-47?. The minimum Gasteiger partial charge on any atom is -0.391 e. The van der Waals surface area contributed by atoms with Gasteiger partial charge in [0.25, 0.3) is 65.0 Å². The monoisotopic (exact) mass is 1860 g/mol. The van der Waals surface area contributed by atoms with E-state index in [1.807, 2.05) is 24.3 Å². The van der Waals surface area contributed by atoms with E-state index in [2.05, 4.69) is 105 Å². The third kappa shape index (κ3) is 20.7. The summed E-state index contributed by atoms with van der Waals surface area (Å²) in [6.45, 7) is 3.09. The molecule has 10 aromatic heterocycles. The molecule has 2 atom stereocenters. The van der Waals surface area contributed by atoms with E-state index in [0.29, 0.717) is 34.4 Å². The molecule has 15 amide bonds. The number of imidazole rings is 3. The molecule has 1 saturated heterocycles. The average molecular weight is 1870 g/mol. The van der Waals surface area contributed by atoms with Crippen LogP contribution in [0.4, 0.5) is 57.3 Å². The number of aromatic nitrogens is 13. The van der Waals surface area contributed by atoms with Gasteiger partial charge in [-0.3, -0.25) is 76.7 Å². The summed E-state index contributed by atoms with van der Waals surface area (Å²) in [6.07, 6.45) is 17.0. The molecule has 46 heteroatoms. The van der Waals surface area contributed by atoms with Crippen molar-refractivity contribution in [1.29, 1.82) is 0 Å². The molecule has 2 unspecified atom stereocenters. The van der Waals surface area contributed by atoms with Crippen LogP contribution in [0.1, 0.15) is 167 Å². The number of anilines is 10. The highest BCUT2D eigenvalue weighted by atomic mass is 16.2. The first-order chi connectivity index (χ1) is 65.3. The Kier molecular flexibility index (Phi) is 26.5. The Morgan fingerprint density at radius 3 is 1.36 bits per heavy atom. The van der Waals surface area contributed by atoms with Crippen LogP contribution in [0.5, 0.6) is 0 Å². The van der Waals surface area contributed by atoms with E-state index in [4.69, 9.17) is 0 Å². The zero-order chi connectivity index (χ0) is 97.9. The summed E-state index contributed by atoms with van der Waals surface area (Å²) in [5, 5.41) is 41.2. The molecule has 16 N–H and O–H groups in total. The number of aromatic amines is 1. The molecule has 0 bridgehead atoms. The molecule has 0 radical (unpaired) electrons. The van der Waals surface area contributed by atoms with Gasteiger partial charge >= 0.3 is 0 Å². The first-order valence-corrected chi connectivity index (χ1v) is 42.9. The number of H-pyrrole nitrogens is 1. The van der Waals surface area contributed by atoms with Crippen LogP contribution in [-0.2, 0) is 92.8 Å². The van der Waals surface area contributed by atoms with Crippen molar-refractivity contribution in [3.05, 3.63) is 233 Å². The normalized spacial score (nSPS) is 14.1. The maximum absolute atomic E-state index is 14.0. The van der Waals surface area contributed by atoms with Crippen LogP contribution in [-0.4, -0.2) is 199 Å². The molecule has 1 spiro atoms. The zero-order valence-corrected chi connectivity index (χ0v) is 76.2. The van der Waals surface area contributed by atoms with Gasteiger partial charge in [-0.05, 0) is 91.9 Å². The molecule has 15 rings (SSSR count). The summed E-state index contributed by atoms with van der Waals surface area (Å²) >= 11 is 0. The Morgan fingerprint density at radius 2 is 0.861 bits per heavy atom. The van der Waals surface area contributed by atoms with Gasteiger partial charge < -0.3 is 131 Å². The van der Waals surface area contributed by atoms with Crippen molar-refractivity contribution in [3.8, 4) is 0 Å². The number of piperidine rings is 1. The number of ketones is 1. The number of rotatable bonds is 34. The second-order valence-corrected chi connectivity index (χ2v) is 33.1. The number of benzene rings is 2. The van der Waals surface area contributed by atoms with Crippen molar-refractivity contribution in [2.75, 3.05) is 86.4 Å². The Balaban J connectivity index is 0.439. The van der Waals surface area contributed by atoms with Crippen LogP contribution in [0.3, 0.4) is 0 Å². The van der Waals surface area contributed by atoms with Gasteiger partial charge in [0.15, 0.2) is 23.2 Å². The molecule has 12 aromatic rings. The topological polar surface area (TPSA) is 568 Å². The predicted molar refractivity (Wildman–Crippen MR) is 502 cm³/mol. The molecule has 1 saturated carbocycles. The lowest BCUT2D eigenvalue weighted by molar-refractivity contribution is -0.120. The number of likely N-dealkylation sites (tertiary alicyclic amines) is 1. The number of allylic oxidation sites excluding steroid dienone is 2. The Labute approximate surface area is 778 Å². The number of aryl methyl sites for hydroxylation is 9. The van der Waals surface area contributed by atoms with Gasteiger partial charge in [-0.15, -0.1) is 0 Å². The zero-order valence-electron chi connectivity index (χ0n) is 76.2. The fourth-order valence-electron chi connectivity index (χ4n) is 16.3. The van der Waals surface area contributed by atoms with E-state index in [1.54, 1.807) is 112 Å². The second kappa shape index (κ2) is 38.8. The SMILES string of the molecule is CN/C=C(\N=C(C)C(=O)Nc1cc(C(=O)Nc2ccc3[nH]c(C(=O)N4CC5CC56C4=CC(=O)c4ccccc46)cc3c2)n(C)c1)NC(=O)CCNC(=O)c1cc(NC(=O)c2nc(NC(=O)CCCNC(=O)c3cc(NC(=O)c4cc(NC(=O)CCNC(=O)c5cc(NC(=O)c6cc(NC(=O)c7nc(NC(=O)c8nc(NC(C)=O)cn8C)cn7C)cn6C)cn5C)cn4C)cn3C)cn2C)cn1C. The van der Waals surface area contributed by atoms with Gasteiger partial charge in [0.1, 0.15) is 51.4 Å². The number of nitrogens with zero attached hydrogens (tertiary/aromatic N) is 14. The third-order valence-corrected chi connectivity index (χ3v) is 22.9. The molecule has 2 aromatic carbocycles. The van der Waals surface area contributed by atoms with Crippen molar-refractivity contribution in [2.45, 2.75) is 51.4 Å². The lowest BCUT2D eigenvalue weighted by Crippen LogP contribution is -2.33. The molecular formula is C91H96N30O16. The van der Waals surface area contributed by atoms with Crippen LogP contribution >= 0.6 is 0 Å². The maximum Gasteiger partial charge on any atom is 0.292 e. The van der Waals surface area contributed by atoms with Crippen LogP contribution in [0.15, 0.2) is 169 Å². The van der Waals surface area contributed by atoms with E-state index in [1.165, 1.54) is 147 Å². The van der Waals surface area contributed by atoms with Gasteiger partial charge in [-0.25, -0.2) is 19.9 Å². The molecule has 137 heavy (non-hydrogen) atoms. The fraction of sp³-hybridized carbons (Fsp3) is 0.253. The highest BCUT2D eigenvalue weighted by Crippen LogP contribution is 2.66. The van der Waals surface area contributed by atoms with Crippen LogP contribution in [0.2, 0.25) is 0 Å². The third-order valence-electron chi connectivity index (χ3n) is 22.9. The smallest absolute Gasteiger partial charge is 0.292 e. The van der Waals surface area contributed by atoms with Crippen molar-refractivity contribution in [1.82, 2.24) is 92.5 Å². The lowest BCUT2D eigenvalue weighted by Gasteiger charge is -2.29. The highest BCUT2D eigenvalue weighted by molar-refractivity contribution is 6.42. The molecule has 2 fully saturated rings. The number of carbonyl (C=O) groups excluding carboxylic acids is 16. The highest BCUT2D eigenvalue weighted by Gasteiger charge is 2.67. The number of amides is 15. The fourth-order valence-corrected chi connectivity index (χ4v) is 16.3. The van der Waals surface area contributed by atoms with Crippen LogP contribution in [0, 0.1) is 5.92 Å². The number of hydrogen-bond donors (Lipinski definition) is 16. The molecule has 1 aliphatic heterocycles. The molecule has 3 aliphatic rings. The number of hydrogen-bond acceptors (Lipinski definition) is 21. The van der Waals surface area contributed by atoms with Crippen molar-refractivity contribution < 1.29 is 76.7 Å². The second-order valence-electron chi connectivity index (χ2n) is 33.1. The van der Waals surface area contributed by atoms with Crippen molar-refractivity contribution >= 4 is 168 Å². The van der Waals surface area contributed by atoms with Gasteiger partial charge in [0, 0.05) is 224 Å². The summed E-state index contributed by atoms with van der Waals surface area (Å²) in [4.78, 5) is 234. The summed E-state index contributed by atoms with van der Waals surface area (Å²) in [5.41, 5.74) is 6.00. The number of aliphatic imine (C=N–C) groups is 1. The Bertz CT molecular complexity index is 7130. The molecule has 2 aliphatic carbocycles. The minimum absolute atomic E-state index is 0.0220. The Morgan fingerprint density at radius 1 is 0.438 bits per heavy atom. The largest absolute Gasteiger partial charge is 0.391 e. The van der Waals surface area contributed by atoms with E-state index < -0.39 is 76.8 Å². The molecule has 11 heterocycles. The van der Waals surface area contributed by atoms with E-state index >= 15 is 0 Å². The summed E-state index contributed by atoms with van der Waals surface area (Å²) < 4.78 is 13.1. The van der Waals surface area contributed by atoms with E-state index in [9.17, 15) is 76.7 Å². The summed E-state index contributed by atoms with van der Waals surface area (Å²) in [6, 6.07) is 23.2. The minimum atomic E-state index is -0.673. The quantitative estimate of drug-likeness (QED) is 0.0172. The van der Waals surface area contributed by atoms with Crippen molar-refractivity contribution in [2.24, 2.45) is 74.3 Å². The Hall–Kier alpha value is -18.0. The van der Waals surface area contributed by atoms with Gasteiger partial charge in [0.05, 0.1) is 34.1 Å². The van der Waals surface area contributed by atoms with Crippen LogP contribution in [0.25, 0.3) is 10.9 Å². The summed E-state index contributed by atoms with van der Waals surface area (Å²) in [7, 11) is 15.8. The number of nitrogens with one attached hydrogen (secondary N) is 16. The van der Waals surface area contributed by atoms with Gasteiger partial charge in [-0.1, -0.05) is 24.3 Å². The lowest BCUT2D eigenvalue weighted by atomic mass is 9.81. The molecular weight excluding hydrogens is 1770 g/mol. The number of fused-ring (bicyclic) bond motifs is 2. The van der Waals surface area contributed by atoms with Crippen LogP contribution < -0.4 is 79.8 Å². The molecule has 46 nitrogen and oxygen atoms in total. The maximum atomic E-state index is 14.0. The van der Waals surface area contributed by atoms with Gasteiger partial charge in [0.2, 0.25) is 41.1 Å². The molecule has 706 valence electrons. The number of carbonyl (C=O) groups is 16. The van der Waals surface area contributed by atoms with Crippen molar-refractivity contribution in [3.63, 3.8) is 0 Å². The first-order valence-electron chi connectivity index (χ1n) is 42.9. The summed E-state index contributed by atoms with van der Waals surface area (Å²) in [5.74, 6) is -7.80. The predicted octanol–water partition coefficient (Wildman–Crippen LogP) is 5.63. The average Bonchev–Trinajstić information content (AvgIpc) is 1.50. The van der Waals surface area contributed by atoms with E-state index in [-0.39, 0.29) is 189 Å². The van der Waals surface area contributed by atoms with Gasteiger partial charge in [-0.2, -0.15) is 0 Å². The van der Waals surface area contributed by atoms with E-state index in [0.717, 1.165) is 17.7 Å².